The summed E-state index contributed by atoms with van der Waals surface area (Å²) in [5.74, 6) is -5.99. The van der Waals surface area contributed by atoms with Gasteiger partial charge in [-0.3, -0.25) is 14.7 Å². The molecular formula is C25H26BrF3N4O4S2. The quantitative estimate of drug-likeness (QED) is 0.357. The second kappa shape index (κ2) is 12.8. The zero-order chi connectivity index (χ0) is 28.2. The molecule has 2 unspecified atom stereocenters. The van der Waals surface area contributed by atoms with Gasteiger partial charge in [-0.1, -0.05) is 22.0 Å². The molecule has 4 rings (SSSR count). The zero-order valence-electron chi connectivity index (χ0n) is 20.8. The minimum absolute atomic E-state index is 0.0154. The van der Waals surface area contributed by atoms with Crippen LogP contribution in [0.15, 0.2) is 50.5 Å². The molecule has 0 aliphatic carbocycles. The normalized spacial score (nSPS) is 21.3. The number of carbonyl (C=O) groups excluding carboxylic acids is 1. The van der Waals surface area contributed by atoms with Crippen LogP contribution in [0.4, 0.5) is 13.2 Å². The minimum Gasteiger partial charge on any atom is -0.481 e. The summed E-state index contributed by atoms with van der Waals surface area (Å²) in [5, 5.41) is 14.3. The highest BCUT2D eigenvalue weighted by Gasteiger charge is 2.45. The molecule has 2 aliphatic heterocycles. The maximum atomic E-state index is 15.1. The average Bonchev–Trinajstić information content (AvgIpc) is 3.40. The van der Waals surface area contributed by atoms with Crippen molar-refractivity contribution in [2.75, 3.05) is 37.7 Å². The van der Waals surface area contributed by atoms with Crippen LogP contribution in [-0.4, -0.2) is 76.4 Å². The standard InChI is InChI=1S/C25H26BrF3N4O4S2/c1-2-37-24(36)20-18(10-33-7-5-14(25(28,29)13-33)11-38-12-19(34)35)31-22(23-30-6-8-39-23)32-21(20)16-4-3-15(27)9-17(16)26/h3-4,6,8-9,14,21H,2,5,7,10-13H2,1H3,(H,31,32)(H,34,35). The Bertz CT molecular complexity index is 1280. The predicted molar refractivity (Wildman–Crippen MR) is 147 cm³/mol. The van der Waals surface area contributed by atoms with E-state index in [4.69, 9.17) is 14.8 Å². The van der Waals surface area contributed by atoms with Gasteiger partial charge >= 0.3 is 11.9 Å². The number of rotatable bonds is 10. The fourth-order valence-corrected chi connectivity index (χ4v) is 6.62. The molecule has 0 spiro atoms. The number of benzene rings is 1. The summed E-state index contributed by atoms with van der Waals surface area (Å²) in [4.78, 5) is 34.6. The first-order chi connectivity index (χ1) is 18.6. The van der Waals surface area contributed by atoms with Crippen LogP contribution in [0.2, 0.25) is 0 Å². The SMILES string of the molecule is CCOC(=O)C1=C(CN2CCC(CSCC(=O)O)C(F)(F)C2)NC(c2nccs2)=NC1c1ccc(F)cc1Br. The van der Waals surface area contributed by atoms with Gasteiger partial charge in [0.15, 0.2) is 10.8 Å². The van der Waals surface area contributed by atoms with E-state index in [1.807, 2.05) is 0 Å². The van der Waals surface area contributed by atoms with E-state index in [0.717, 1.165) is 11.8 Å². The number of esters is 1. The van der Waals surface area contributed by atoms with Gasteiger partial charge in [0.25, 0.3) is 5.92 Å². The van der Waals surface area contributed by atoms with Crippen molar-refractivity contribution in [3.05, 3.63) is 61.9 Å². The summed E-state index contributed by atoms with van der Waals surface area (Å²) >= 11 is 5.67. The van der Waals surface area contributed by atoms with E-state index in [-0.39, 0.29) is 36.7 Å². The number of carboxylic acid groups (broad SMARTS) is 1. The molecule has 2 atom stereocenters. The number of alkyl halides is 2. The highest BCUT2D eigenvalue weighted by atomic mass is 79.9. The molecule has 14 heteroatoms. The van der Waals surface area contributed by atoms with E-state index < -0.39 is 42.2 Å². The first-order valence-corrected chi connectivity index (χ1v) is 14.9. The zero-order valence-corrected chi connectivity index (χ0v) is 24.1. The third-order valence-corrected chi connectivity index (χ3v) is 8.82. The maximum absolute atomic E-state index is 15.1. The van der Waals surface area contributed by atoms with E-state index in [1.54, 1.807) is 23.4 Å². The number of nitrogens with zero attached hydrogens (tertiary/aromatic N) is 3. The summed E-state index contributed by atoms with van der Waals surface area (Å²) in [6.07, 6.45) is 1.77. The lowest BCUT2D eigenvalue weighted by molar-refractivity contribution is -0.139. The number of aliphatic carboxylic acids is 1. The number of piperidine rings is 1. The molecule has 2 N–H and O–H groups in total. The Labute approximate surface area is 239 Å². The number of likely N-dealkylation sites (tertiary alicyclic amines) is 1. The number of amidine groups is 1. The van der Waals surface area contributed by atoms with E-state index in [0.29, 0.717) is 33.1 Å². The molecule has 8 nitrogen and oxygen atoms in total. The number of thioether (sulfide) groups is 1. The van der Waals surface area contributed by atoms with Gasteiger partial charge in [-0.15, -0.1) is 23.1 Å². The lowest BCUT2D eigenvalue weighted by Crippen LogP contribution is -2.51. The molecule has 1 fully saturated rings. The molecule has 0 radical (unpaired) electrons. The number of ether oxygens (including phenoxy) is 1. The first kappa shape index (κ1) is 29.6. The molecule has 3 heterocycles. The van der Waals surface area contributed by atoms with Crippen LogP contribution in [0.1, 0.15) is 30.0 Å². The van der Waals surface area contributed by atoms with Gasteiger partial charge in [-0.25, -0.2) is 22.9 Å². The lowest BCUT2D eigenvalue weighted by atomic mass is 9.93. The average molecular weight is 648 g/mol. The van der Waals surface area contributed by atoms with Crippen molar-refractivity contribution in [2.24, 2.45) is 10.9 Å². The molecule has 0 amide bonds. The number of carboxylic acids is 1. The predicted octanol–water partition coefficient (Wildman–Crippen LogP) is 4.73. The number of thiazole rings is 1. The van der Waals surface area contributed by atoms with Crippen molar-refractivity contribution in [1.29, 1.82) is 0 Å². The number of aromatic nitrogens is 1. The lowest BCUT2D eigenvalue weighted by Gasteiger charge is -2.39. The molecule has 39 heavy (non-hydrogen) atoms. The van der Waals surface area contributed by atoms with Crippen molar-refractivity contribution < 1.29 is 32.6 Å². The van der Waals surface area contributed by atoms with E-state index >= 15 is 8.78 Å². The molecule has 0 bridgehead atoms. The number of halogens is 4. The van der Waals surface area contributed by atoms with Gasteiger partial charge < -0.3 is 15.2 Å². The van der Waals surface area contributed by atoms with Crippen LogP contribution in [0, 0.1) is 11.7 Å². The second-order valence-corrected chi connectivity index (χ2v) is 11.8. The molecule has 210 valence electrons. The van der Waals surface area contributed by atoms with Crippen LogP contribution < -0.4 is 5.32 Å². The van der Waals surface area contributed by atoms with Crippen LogP contribution >= 0.6 is 39.0 Å². The highest BCUT2D eigenvalue weighted by Crippen LogP contribution is 2.39. The van der Waals surface area contributed by atoms with Gasteiger partial charge in [-0.2, -0.15) is 0 Å². The summed E-state index contributed by atoms with van der Waals surface area (Å²) in [6, 6.07) is 3.15. The number of hydrogen-bond acceptors (Lipinski definition) is 9. The van der Waals surface area contributed by atoms with Gasteiger partial charge in [-0.05, 0) is 37.6 Å². The molecule has 2 aromatic rings. The Hall–Kier alpha value is -2.42. The number of hydrogen-bond donors (Lipinski definition) is 2. The fourth-order valence-electron chi connectivity index (χ4n) is 4.48. The second-order valence-electron chi connectivity index (χ2n) is 8.99. The molecule has 0 saturated carbocycles. The first-order valence-electron chi connectivity index (χ1n) is 12.1. The molecule has 2 aliphatic rings. The maximum Gasteiger partial charge on any atom is 0.338 e. The van der Waals surface area contributed by atoms with E-state index in [9.17, 15) is 14.0 Å². The molecular weight excluding hydrogens is 621 g/mol. The number of nitrogens with one attached hydrogen (secondary N) is 1. The summed E-state index contributed by atoms with van der Waals surface area (Å²) in [6.45, 7) is 1.51. The molecule has 1 aromatic heterocycles. The minimum atomic E-state index is -3.05. The van der Waals surface area contributed by atoms with Crippen LogP contribution in [-0.2, 0) is 14.3 Å². The third-order valence-electron chi connectivity index (χ3n) is 6.27. The Morgan fingerprint density at radius 1 is 1.38 bits per heavy atom. The highest BCUT2D eigenvalue weighted by molar-refractivity contribution is 9.10. The van der Waals surface area contributed by atoms with E-state index in [1.165, 1.54) is 29.5 Å². The summed E-state index contributed by atoms with van der Waals surface area (Å²) in [5.41, 5.74) is 1.00. The van der Waals surface area contributed by atoms with Crippen molar-refractivity contribution >= 4 is 56.8 Å². The monoisotopic (exact) mass is 646 g/mol. The Balaban J connectivity index is 1.67. The van der Waals surface area contributed by atoms with E-state index in [2.05, 4.69) is 26.2 Å². The van der Waals surface area contributed by atoms with Crippen LogP contribution in [0.25, 0.3) is 0 Å². The Kier molecular flexibility index (Phi) is 9.73. The number of aliphatic imine (C=N–C) groups is 1. The van der Waals surface area contributed by atoms with Gasteiger partial charge in [0.05, 0.1) is 24.5 Å². The van der Waals surface area contributed by atoms with Crippen LogP contribution in [0.5, 0.6) is 0 Å². The Morgan fingerprint density at radius 2 is 2.18 bits per heavy atom. The summed E-state index contributed by atoms with van der Waals surface area (Å²) < 4.78 is 49.8. The van der Waals surface area contributed by atoms with Crippen molar-refractivity contribution in [3.8, 4) is 0 Å². The van der Waals surface area contributed by atoms with Gasteiger partial charge in [0, 0.05) is 40.0 Å². The third kappa shape index (κ3) is 7.21. The van der Waals surface area contributed by atoms with Crippen LogP contribution in [0.3, 0.4) is 0 Å². The molecule has 1 saturated heterocycles. The largest absolute Gasteiger partial charge is 0.481 e. The van der Waals surface area contributed by atoms with Gasteiger partial charge in [0.1, 0.15) is 11.9 Å². The van der Waals surface area contributed by atoms with Crippen molar-refractivity contribution in [1.82, 2.24) is 15.2 Å². The smallest absolute Gasteiger partial charge is 0.338 e. The fraction of sp³-hybridized carbons (Fsp3) is 0.440. The van der Waals surface area contributed by atoms with Crippen molar-refractivity contribution in [2.45, 2.75) is 25.3 Å². The Morgan fingerprint density at radius 3 is 2.82 bits per heavy atom. The van der Waals surface area contributed by atoms with Crippen molar-refractivity contribution in [3.63, 3.8) is 0 Å². The van der Waals surface area contributed by atoms with Gasteiger partial charge in [0.2, 0.25) is 0 Å². The molecule has 1 aromatic carbocycles. The topological polar surface area (TPSA) is 104 Å². The summed E-state index contributed by atoms with van der Waals surface area (Å²) in [7, 11) is 0. The number of carbonyl (C=O) groups is 2.